The quantitative estimate of drug-likeness (QED) is 0.840. The van der Waals surface area contributed by atoms with E-state index >= 15 is 0 Å². The summed E-state index contributed by atoms with van der Waals surface area (Å²) in [6.07, 6.45) is 0. The molecule has 0 aliphatic rings. The van der Waals surface area contributed by atoms with Crippen LogP contribution in [-0.2, 0) is 4.79 Å². The molecule has 0 aromatic heterocycles. The van der Waals surface area contributed by atoms with E-state index in [2.05, 4.69) is 6.58 Å². The Hall–Kier alpha value is -2.55. The predicted molar refractivity (Wildman–Crippen MR) is 75.4 cm³/mol. The second-order valence-corrected chi connectivity index (χ2v) is 3.81. The fourth-order valence-electron chi connectivity index (χ4n) is 1.11. The molecule has 0 aliphatic carbocycles. The Labute approximate surface area is 112 Å². The number of hydrogen-bond acceptors (Lipinski definition) is 2. The fraction of sp³-hybridized carbons (Fsp3) is 0.0625. The van der Waals surface area contributed by atoms with Gasteiger partial charge in [-0.15, -0.1) is 0 Å². The second-order valence-electron chi connectivity index (χ2n) is 3.81. The van der Waals surface area contributed by atoms with Gasteiger partial charge in [-0.25, -0.2) is 4.79 Å². The largest absolute Gasteiger partial charge is 0.478 e. The zero-order chi connectivity index (χ0) is 14.1. The van der Waals surface area contributed by atoms with Crippen LogP contribution in [0, 0.1) is 0 Å². The number of para-hydroxylation sites is 2. The Morgan fingerprint density at radius 2 is 1.26 bits per heavy atom. The smallest absolute Gasteiger partial charge is 0.330 e. The zero-order valence-electron chi connectivity index (χ0n) is 10.7. The Kier molecular flexibility index (Phi) is 5.89. The van der Waals surface area contributed by atoms with Gasteiger partial charge in [0.05, 0.1) is 0 Å². The molecule has 3 nitrogen and oxygen atoms in total. The number of carboxylic acids is 1. The molecule has 0 saturated heterocycles. The number of aliphatic carboxylic acids is 1. The third-order valence-corrected chi connectivity index (χ3v) is 2.09. The van der Waals surface area contributed by atoms with Gasteiger partial charge < -0.3 is 9.84 Å². The maximum absolute atomic E-state index is 9.60. The molecule has 1 N–H and O–H groups in total. The van der Waals surface area contributed by atoms with Gasteiger partial charge in [-0.3, -0.25) is 0 Å². The summed E-state index contributed by atoms with van der Waals surface area (Å²) in [5.74, 6) is 0.803. The fourth-order valence-corrected chi connectivity index (χ4v) is 1.11. The molecular weight excluding hydrogens is 240 g/mol. The van der Waals surface area contributed by atoms with E-state index in [1.54, 1.807) is 0 Å². The average molecular weight is 256 g/mol. The molecule has 0 fully saturated rings. The third-order valence-electron chi connectivity index (χ3n) is 2.09. The first-order valence-corrected chi connectivity index (χ1v) is 5.76. The van der Waals surface area contributed by atoms with Crippen molar-refractivity contribution in [3.8, 4) is 11.5 Å². The normalized spacial score (nSPS) is 8.89. The average Bonchev–Trinajstić information content (AvgIpc) is 2.41. The van der Waals surface area contributed by atoms with Crippen molar-refractivity contribution < 1.29 is 14.6 Å². The maximum Gasteiger partial charge on any atom is 0.330 e. The van der Waals surface area contributed by atoms with E-state index in [1.807, 2.05) is 60.7 Å². The molecule has 2 aromatic rings. The summed E-state index contributed by atoms with van der Waals surface area (Å²) in [4.78, 5) is 9.60. The monoisotopic (exact) mass is 256 g/mol. The topological polar surface area (TPSA) is 46.5 Å². The van der Waals surface area contributed by atoms with Gasteiger partial charge >= 0.3 is 5.97 Å². The van der Waals surface area contributed by atoms with E-state index in [0.717, 1.165) is 11.5 Å². The van der Waals surface area contributed by atoms with Gasteiger partial charge in [0.25, 0.3) is 0 Å². The molecule has 19 heavy (non-hydrogen) atoms. The minimum atomic E-state index is -0.935. The van der Waals surface area contributed by atoms with Crippen LogP contribution >= 0.6 is 0 Å². The summed E-state index contributed by atoms with van der Waals surface area (Å²) in [7, 11) is 0. The maximum atomic E-state index is 9.60. The van der Waals surface area contributed by atoms with E-state index in [4.69, 9.17) is 9.84 Å². The SMILES string of the molecule is C=C(C)C(=O)O.c1ccc(Oc2ccccc2)cc1. The molecule has 2 rings (SSSR count). The van der Waals surface area contributed by atoms with E-state index in [1.165, 1.54) is 6.92 Å². The minimum Gasteiger partial charge on any atom is -0.478 e. The number of hydrogen-bond donors (Lipinski definition) is 1. The van der Waals surface area contributed by atoms with Crippen molar-refractivity contribution in [2.24, 2.45) is 0 Å². The number of rotatable bonds is 3. The minimum absolute atomic E-state index is 0.176. The Balaban J connectivity index is 0.000000258. The van der Waals surface area contributed by atoms with Crippen LogP contribution in [0.4, 0.5) is 0 Å². The van der Waals surface area contributed by atoms with E-state index < -0.39 is 5.97 Å². The van der Waals surface area contributed by atoms with Crippen LogP contribution in [0.15, 0.2) is 72.8 Å². The highest BCUT2D eigenvalue weighted by Crippen LogP contribution is 2.19. The van der Waals surface area contributed by atoms with Gasteiger partial charge in [0.1, 0.15) is 11.5 Å². The molecule has 0 radical (unpaired) electrons. The van der Waals surface area contributed by atoms with Crippen LogP contribution in [0.2, 0.25) is 0 Å². The number of carbonyl (C=O) groups is 1. The van der Waals surface area contributed by atoms with Crippen molar-refractivity contribution in [1.82, 2.24) is 0 Å². The van der Waals surface area contributed by atoms with Crippen LogP contribution in [0.5, 0.6) is 11.5 Å². The molecule has 0 aliphatic heterocycles. The van der Waals surface area contributed by atoms with E-state index in [9.17, 15) is 4.79 Å². The number of carboxylic acid groups (broad SMARTS) is 1. The molecule has 0 heterocycles. The Bertz CT molecular complexity index is 469. The molecule has 0 amide bonds. The van der Waals surface area contributed by atoms with Crippen LogP contribution in [0.3, 0.4) is 0 Å². The first-order valence-electron chi connectivity index (χ1n) is 5.76. The van der Waals surface area contributed by atoms with Crippen molar-refractivity contribution >= 4 is 5.97 Å². The first-order chi connectivity index (χ1) is 9.09. The molecule has 0 bridgehead atoms. The lowest BCUT2D eigenvalue weighted by Gasteiger charge is -2.03. The van der Waals surface area contributed by atoms with E-state index in [0.29, 0.717) is 0 Å². The van der Waals surface area contributed by atoms with E-state index in [-0.39, 0.29) is 5.57 Å². The summed E-state index contributed by atoms with van der Waals surface area (Å²) in [5, 5.41) is 7.89. The standard InChI is InChI=1S/C12H10O.C4H6O2/c1-3-7-11(8-4-1)13-12-9-5-2-6-10-12;1-3(2)4(5)6/h1-10H;1H2,2H3,(H,5,6). The van der Waals surface area contributed by atoms with Gasteiger partial charge in [-0.1, -0.05) is 43.0 Å². The molecule has 3 heteroatoms. The summed E-state index contributed by atoms with van der Waals surface area (Å²) >= 11 is 0. The van der Waals surface area contributed by atoms with Crippen molar-refractivity contribution in [3.63, 3.8) is 0 Å². The summed E-state index contributed by atoms with van der Waals surface area (Å²) < 4.78 is 5.58. The van der Waals surface area contributed by atoms with Gasteiger partial charge in [0.2, 0.25) is 0 Å². The molecule has 0 unspecified atom stereocenters. The van der Waals surface area contributed by atoms with Crippen LogP contribution in [-0.4, -0.2) is 11.1 Å². The summed E-state index contributed by atoms with van der Waals surface area (Å²) in [6, 6.07) is 19.5. The summed E-state index contributed by atoms with van der Waals surface area (Å²) in [5.41, 5.74) is 0.176. The van der Waals surface area contributed by atoms with Gasteiger partial charge in [0.15, 0.2) is 0 Å². The predicted octanol–water partition coefficient (Wildman–Crippen LogP) is 4.13. The van der Waals surface area contributed by atoms with Gasteiger partial charge in [0, 0.05) is 5.57 Å². The molecular formula is C16H16O3. The highest BCUT2D eigenvalue weighted by Gasteiger charge is 1.92. The highest BCUT2D eigenvalue weighted by molar-refractivity contribution is 5.84. The van der Waals surface area contributed by atoms with Crippen molar-refractivity contribution in [2.75, 3.05) is 0 Å². The second kappa shape index (κ2) is 7.71. The van der Waals surface area contributed by atoms with Crippen molar-refractivity contribution in [1.29, 1.82) is 0 Å². The third kappa shape index (κ3) is 6.07. The molecule has 98 valence electrons. The van der Waals surface area contributed by atoms with Crippen molar-refractivity contribution in [3.05, 3.63) is 72.8 Å². The molecule has 2 aromatic carbocycles. The van der Waals surface area contributed by atoms with Gasteiger partial charge in [-0.2, -0.15) is 0 Å². The Morgan fingerprint density at radius 1 is 0.947 bits per heavy atom. The zero-order valence-corrected chi connectivity index (χ0v) is 10.7. The Morgan fingerprint density at radius 3 is 1.53 bits per heavy atom. The lowest BCUT2D eigenvalue weighted by Crippen LogP contribution is -1.92. The number of benzene rings is 2. The molecule has 0 saturated carbocycles. The lowest BCUT2D eigenvalue weighted by atomic mass is 10.3. The highest BCUT2D eigenvalue weighted by atomic mass is 16.5. The molecule has 0 spiro atoms. The van der Waals surface area contributed by atoms with Gasteiger partial charge in [-0.05, 0) is 31.2 Å². The van der Waals surface area contributed by atoms with Crippen molar-refractivity contribution in [2.45, 2.75) is 6.92 Å². The summed E-state index contributed by atoms with van der Waals surface area (Å²) in [6.45, 7) is 4.60. The number of ether oxygens (including phenoxy) is 1. The van der Waals surface area contributed by atoms with Crippen LogP contribution < -0.4 is 4.74 Å². The molecule has 0 atom stereocenters. The van der Waals surface area contributed by atoms with Crippen LogP contribution in [0.25, 0.3) is 0 Å². The lowest BCUT2D eigenvalue weighted by molar-refractivity contribution is -0.132. The first kappa shape index (κ1) is 14.5. The van der Waals surface area contributed by atoms with Crippen LogP contribution in [0.1, 0.15) is 6.92 Å².